The number of amides is 1. The van der Waals surface area contributed by atoms with E-state index in [0.717, 1.165) is 0 Å². The van der Waals surface area contributed by atoms with Crippen LogP contribution in [0.15, 0.2) is 96.6 Å². The van der Waals surface area contributed by atoms with Crippen LogP contribution in [0, 0.1) is 0 Å². The molecule has 7 heteroatoms. The fraction of sp³-hybridized carbons (Fsp3) is 0.214. The van der Waals surface area contributed by atoms with Crippen molar-refractivity contribution in [3.63, 3.8) is 0 Å². The zero-order valence-electron chi connectivity index (χ0n) is 20.1. The number of hydrogen-bond donors (Lipinski definition) is 1. The van der Waals surface area contributed by atoms with Crippen molar-refractivity contribution in [2.45, 2.75) is 26.6 Å². The molecule has 0 aliphatic rings. The summed E-state index contributed by atoms with van der Waals surface area (Å²) in [6.45, 7) is 5.44. The lowest BCUT2D eigenvalue weighted by Crippen LogP contribution is -2.42. The van der Waals surface area contributed by atoms with Gasteiger partial charge in [-0.25, -0.2) is 9.59 Å². The molecule has 1 atom stereocenters. The van der Waals surface area contributed by atoms with Crippen LogP contribution >= 0.6 is 7.14 Å². The summed E-state index contributed by atoms with van der Waals surface area (Å²) in [6, 6.07) is 27.0. The van der Waals surface area contributed by atoms with Gasteiger partial charge in [-0.3, -0.25) is 0 Å². The Labute approximate surface area is 206 Å². The second kappa shape index (κ2) is 12.2. The van der Waals surface area contributed by atoms with Crippen molar-refractivity contribution in [3.05, 3.63) is 102 Å². The highest BCUT2D eigenvalue weighted by Crippen LogP contribution is 2.51. The summed E-state index contributed by atoms with van der Waals surface area (Å²) in [5, 5.41) is 3.90. The maximum Gasteiger partial charge on any atom is 0.408 e. The predicted molar refractivity (Wildman–Crippen MR) is 139 cm³/mol. The molecule has 182 valence electrons. The quantitative estimate of drug-likeness (QED) is 0.256. The number of benzene rings is 3. The third-order valence-corrected chi connectivity index (χ3v) is 8.89. The molecular weight excluding hydrogens is 461 g/mol. The average Bonchev–Trinajstić information content (AvgIpc) is 2.89. The number of alkyl carbamates (subject to hydrolysis) is 1. The highest BCUT2D eigenvalue weighted by atomic mass is 31.2. The summed E-state index contributed by atoms with van der Waals surface area (Å²) in [5.74, 6) is -1.62. The lowest BCUT2D eigenvalue weighted by atomic mass is 10.0. The molecule has 0 spiro atoms. The highest BCUT2D eigenvalue weighted by molar-refractivity contribution is 7.79. The summed E-state index contributed by atoms with van der Waals surface area (Å²) in [6.07, 6.45) is -0.722. The van der Waals surface area contributed by atoms with Gasteiger partial charge in [0.15, 0.2) is 7.14 Å². The molecule has 3 aromatic rings. The van der Waals surface area contributed by atoms with Gasteiger partial charge in [0, 0.05) is 10.6 Å². The molecule has 35 heavy (non-hydrogen) atoms. The number of esters is 1. The van der Waals surface area contributed by atoms with Crippen LogP contribution in [0.25, 0.3) is 5.57 Å². The maximum absolute atomic E-state index is 15.2. The minimum atomic E-state index is -3.58. The first-order valence-electron chi connectivity index (χ1n) is 11.5. The number of carbonyl (C=O) groups excluding carboxylic acids is 2. The molecule has 1 amide bonds. The van der Waals surface area contributed by atoms with E-state index in [4.69, 9.17) is 9.47 Å². The Morgan fingerprint density at radius 1 is 0.771 bits per heavy atom. The minimum absolute atomic E-state index is 0.145. The van der Waals surface area contributed by atoms with Crippen molar-refractivity contribution in [1.29, 1.82) is 0 Å². The molecule has 0 aliphatic carbocycles. The van der Waals surface area contributed by atoms with Crippen LogP contribution in [0.1, 0.15) is 26.3 Å². The van der Waals surface area contributed by atoms with Gasteiger partial charge in [-0.1, -0.05) is 91.0 Å². The molecule has 3 aromatic carbocycles. The lowest BCUT2D eigenvalue weighted by molar-refractivity contribution is -0.136. The third-order valence-electron chi connectivity index (χ3n) is 5.52. The van der Waals surface area contributed by atoms with E-state index in [1.807, 2.05) is 30.3 Å². The molecule has 0 unspecified atom stereocenters. The number of nitrogens with one attached hydrogen (secondary N) is 1. The van der Waals surface area contributed by atoms with Crippen LogP contribution < -0.4 is 15.9 Å². The van der Waals surface area contributed by atoms with E-state index < -0.39 is 25.0 Å². The molecule has 0 saturated heterocycles. The molecule has 0 saturated carbocycles. The van der Waals surface area contributed by atoms with Gasteiger partial charge >= 0.3 is 12.1 Å². The van der Waals surface area contributed by atoms with E-state index in [9.17, 15) is 9.59 Å². The molecule has 1 N–H and O–H groups in total. The molecule has 0 radical (unpaired) electrons. The number of ether oxygens (including phenoxy) is 2. The fourth-order valence-corrected chi connectivity index (χ4v) is 7.04. The molecule has 0 heterocycles. The minimum Gasteiger partial charge on any atom is -0.462 e. The van der Waals surface area contributed by atoms with Crippen molar-refractivity contribution < 1.29 is 23.6 Å². The summed E-state index contributed by atoms with van der Waals surface area (Å²) in [7, 11) is -3.58. The second-order valence-corrected chi connectivity index (χ2v) is 10.6. The van der Waals surface area contributed by atoms with E-state index in [0.29, 0.717) is 21.7 Å². The van der Waals surface area contributed by atoms with Crippen molar-refractivity contribution >= 4 is 35.4 Å². The van der Waals surface area contributed by atoms with E-state index >= 15 is 4.57 Å². The van der Waals surface area contributed by atoms with E-state index in [1.54, 1.807) is 81.4 Å². The van der Waals surface area contributed by atoms with Gasteiger partial charge < -0.3 is 19.4 Å². The van der Waals surface area contributed by atoms with Crippen LogP contribution in [0.5, 0.6) is 0 Å². The van der Waals surface area contributed by atoms with Crippen molar-refractivity contribution in [2.24, 2.45) is 0 Å². The molecule has 0 fully saturated rings. The van der Waals surface area contributed by atoms with Gasteiger partial charge in [-0.15, -0.1) is 0 Å². The van der Waals surface area contributed by atoms with Crippen LogP contribution in [-0.2, 0) is 18.8 Å². The number of hydrogen-bond acceptors (Lipinski definition) is 5. The Hall–Kier alpha value is -3.63. The van der Waals surface area contributed by atoms with Crippen LogP contribution in [0.4, 0.5) is 4.79 Å². The Kier molecular flexibility index (Phi) is 9.04. The van der Waals surface area contributed by atoms with Gasteiger partial charge in [0.2, 0.25) is 0 Å². The Bertz CT molecular complexity index is 1170. The first-order valence-corrected chi connectivity index (χ1v) is 13.3. The zero-order valence-corrected chi connectivity index (χ0v) is 21.0. The molecule has 0 bridgehead atoms. The third kappa shape index (κ3) is 5.90. The van der Waals surface area contributed by atoms with Crippen LogP contribution in [0.2, 0.25) is 0 Å². The number of rotatable bonds is 9. The van der Waals surface area contributed by atoms with Gasteiger partial charge in [-0.05, 0) is 31.9 Å². The average molecular weight is 492 g/mol. The normalized spacial score (nSPS) is 12.8. The monoisotopic (exact) mass is 491 g/mol. The van der Waals surface area contributed by atoms with Crippen LogP contribution in [0.3, 0.4) is 0 Å². The van der Waals surface area contributed by atoms with E-state index in [2.05, 4.69) is 5.32 Å². The summed E-state index contributed by atoms with van der Waals surface area (Å²) in [4.78, 5) is 25.9. The SMILES string of the molecule is CCOC(=O)N[C@@H](/C(C)=C(/C(=O)OCC)c1ccccc1)P(=O)(c1ccccc1)c1ccccc1. The largest absolute Gasteiger partial charge is 0.462 e. The molecule has 6 nitrogen and oxygen atoms in total. The summed E-state index contributed by atoms with van der Waals surface area (Å²) in [5.41, 5.74) is 1.27. The predicted octanol–water partition coefficient (Wildman–Crippen LogP) is 5.11. The summed E-state index contributed by atoms with van der Waals surface area (Å²) >= 11 is 0. The van der Waals surface area contributed by atoms with Crippen molar-refractivity contribution in [2.75, 3.05) is 13.2 Å². The molecular formula is C28H30NO5P. The molecule has 3 rings (SSSR count). The fourth-order valence-electron chi connectivity index (χ4n) is 3.95. The van der Waals surface area contributed by atoms with E-state index in [1.165, 1.54) is 0 Å². The zero-order chi connectivity index (χ0) is 25.3. The Balaban J connectivity index is 2.34. The Morgan fingerprint density at radius 2 is 1.23 bits per heavy atom. The standard InChI is InChI=1S/C28H30NO5P/c1-4-33-27(30)25(22-15-9-6-10-16-22)21(3)26(29-28(31)34-5-2)35(32,23-17-11-7-12-18-23)24-19-13-8-14-20-24/h6-20,26H,4-5H2,1-3H3,(H,29,31)/b25-21+/t26-/m1/s1. The maximum atomic E-state index is 15.2. The molecule has 0 aromatic heterocycles. The highest BCUT2D eigenvalue weighted by Gasteiger charge is 2.41. The second-order valence-electron chi connectivity index (χ2n) is 7.74. The lowest BCUT2D eigenvalue weighted by Gasteiger charge is -2.31. The molecule has 0 aliphatic heterocycles. The van der Waals surface area contributed by atoms with Crippen molar-refractivity contribution in [1.82, 2.24) is 5.32 Å². The first kappa shape index (κ1) is 26.0. The van der Waals surface area contributed by atoms with Crippen molar-refractivity contribution in [3.8, 4) is 0 Å². The van der Waals surface area contributed by atoms with Gasteiger partial charge in [-0.2, -0.15) is 0 Å². The van der Waals surface area contributed by atoms with Gasteiger partial charge in [0.1, 0.15) is 5.78 Å². The number of carbonyl (C=O) groups is 2. The Morgan fingerprint density at radius 3 is 1.69 bits per heavy atom. The first-order chi connectivity index (χ1) is 16.9. The van der Waals surface area contributed by atoms with Gasteiger partial charge in [0.25, 0.3) is 0 Å². The van der Waals surface area contributed by atoms with Gasteiger partial charge in [0.05, 0.1) is 18.8 Å². The topological polar surface area (TPSA) is 81.7 Å². The smallest absolute Gasteiger partial charge is 0.408 e. The van der Waals surface area contributed by atoms with E-state index in [-0.39, 0.29) is 18.8 Å². The van der Waals surface area contributed by atoms with Crippen LogP contribution in [-0.4, -0.2) is 31.1 Å². The summed E-state index contributed by atoms with van der Waals surface area (Å²) < 4.78 is 25.7.